The van der Waals surface area contributed by atoms with Gasteiger partial charge in [-0.3, -0.25) is 0 Å². The lowest BCUT2D eigenvalue weighted by molar-refractivity contribution is 0.657. The minimum Gasteiger partial charge on any atom is -0.310 e. The van der Waals surface area contributed by atoms with Crippen LogP contribution in [0.1, 0.15) is 74.9 Å². The third-order valence-corrected chi connectivity index (χ3v) is 11.8. The summed E-state index contributed by atoms with van der Waals surface area (Å²) in [5.41, 5.74) is 17.2. The first-order valence-electron chi connectivity index (χ1n) is 19.9. The Morgan fingerprint density at radius 1 is 0.382 bits per heavy atom. The lowest BCUT2D eigenvalue weighted by Crippen LogP contribution is -2.17. The van der Waals surface area contributed by atoms with Crippen molar-refractivity contribution in [2.24, 2.45) is 0 Å². The number of nitrogens with zero attached hydrogens (tertiary/aromatic N) is 1. The highest BCUT2D eigenvalue weighted by Gasteiger charge is 2.43. The summed E-state index contributed by atoms with van der Waals surface area (Å²) in [6.07, 6.45) is 0. The first-order valence-corrected chi connectivity index (χ1v) is 19.9. The molecule has 0 unspecified atom stereocenters. The Labute approximate surface area is 327 Å². The molecule has 0 heterocycles. The molecular weight excluding hydrogens is 663 g/mol. The molecule has 8 aromatic carbocycles. The van der Waals surface area contributed by atoms with Gasteiger partial charge < -0.3 is 4.90 Å². The molecule has 8 aromatic rings. The van der Waals surface area contributed by atoms with E-state index in [0.29, 0.717) is 0 Å². The lowest BCUT2D eigenvalue weighted by Gasteiger charge is -2.29. The summed E-state index contributed by atoms with van der Waals surface area (Å²) in [6.45, 7) is 18.0. The lowest BCUT2D eigenvalue weighted by atomic mass is 9.78. The van der Waals surface area contributed by atoms with E-state index in [1.165, 1.54) is 82.9 Å². The fourth-order valence-electron chi connectivity index (χ4n) is 9.33. The van der Waals surface area contributed by atoms with Gasteiger partial charge in [0, 0.05) is 27.6 Å². The van der Waals surface area contributed by atoms with Crippen molar-refractivity contribution < 1.29 is 0 Å². The number of anilines is 3. The maximum absolute atomic E-state index is 2.55. The van der Waals surface area contributed by atoms with Crippen molar-refractivity contribution in [1.82, 2.24) is 0 Å². The molecular formula is C54H51N. The van der Waals surface area contributed by atoms with Gasteiger partial charge in [-0.1, -0.05) is 168 Å². The topological polar surface area (TPSA) is 3.24 Å². The summed E-state index contributed by atoms with van der Waals surface area (Å²) < 4.78 is 0. The largest absolute Gasteiger partial charge is 0.310 e. The van der Waals surface area contributed by atoms with Crippen molar-refractivity contribution in [1.29, 1.82) is 0 Å². The molecule has 0 N–H and O–H groups in total. The second-order valence-corrected chi connectivity index (χ2v) is 15.9. The van der Waals surface area contributed by atoms with Gasteiger partial charge in [0.25, 0.3) is 0 Å². The highest BCUT2D eigenvalue weighted by molar-refractivity contribution is 6.08. The van der Waals surface area contributed by atoms with Gasteiger partial charge in [0.2, 0.25) is 0 Å². The average molecular weight is 714 g/mol. The summed E-state index contributed by atoms with van der Waals surface area (Å²) in [5.74, 6) is 0. The SMILES string of the molecule is CC.Cc1cc2c(c3ccccc13)C(C)(C)c1cc3c(cc1-2)C(C)(C)c1c-3cc(N(c2ccccc2)c2ccccc2)c2ccccc12.Cc1ccccc1. The minimum absolute atomic E-state index is 0.111. The molecule has 0 atom stereocenters. The van der Waals surface area contributed by atoms with Crippen LogP contribution >= 0.6 is 0 Å². The van der Waals surface area contributed by atoms with Crippen molar-refractivity contribution >= 4 is 38.6 Å². The van der Waals surface area contributed by atoms with Crippen LogP contribution in [0.3, 0.4) is 0 Å². The Kier molecular flexibility index (Phi) is 9.22. The molecule has 0 saturated heterocycles. The van der Waals surface area contributed by atoms with E-state index >= 15 is 0 Å². The highest BCUT2D eigenvalue weighted by Crippen LogP contribution is 2.59. The molecule has 0 fully saturated rings. The predicted octanol–water partition coefficient (Wildman–Crippen LogP) is 15.4. The molecule has 0 amide bonds. The van der Waals surface area contributed by atoms with Crippen LogP contribution < -0.4 is 4.90 Å². The van der Waals surface area contributed by atoms with Crippen LogP contribution in [0.15, 0.2) is 164 Å². The molecule has 0 aliphatic heterocycles. The first-order chi connectivity index (χ1) is 26.7. The zero-order valence-corrected chi connectivity index (χ0v) is 33.5. The summed E-state index contributed by atoms with van der Waals surface area (Å²) in [5, 5.41) is 5.34. The average Bonchev–Trinajstić information content (AvgIpc) is 3.58. The third kappa shape index (κ3) is 5.85. The monoisotopic (exact) mass is 713 g/mol. The van der Waals surface area contributed by atoms with Gasteiger partial charge in [-0.2, -0.15) is 0 Å². The van der Waals surface area contributed by atoms with E-state index in [0.717, 1.165) is 11.4 Å². The van der Waals surface area contributed by atoms with Gasteiger partial charge >= 0.3 is 0 Å². The predicted molar refractivity (Wildman–Crippen MR) is 239 cm³/mol. The number of rotatable bonds is 3. The number of benzene rings is 8. The normalized spacial score (nSPS) is 13.7. The van der Waals surface area contributed by atoms with E-state index < -0.39 is 0 Å². The molecule has 0 saturated carbocycles. The molecule has 2 aliphatic carbocycles. The van der Waals surface area contributed by atoms with Gasteiger partial charge in [0.1, 0.15) is 0 Å². The van der Waals surface area contributed by atoms with Gasteiger partial charge in [0.15, 0.2) is 0 Å². The number of hydrogen-bond donors (Lipinski definition) is 0. The van der Waals surface area contributed by atoms with Crippen LogP contribution in [-0.4, -0.2) is 0 Å². The Bertz CT molecular complexity index is 2630. The van der Waals surface area contributed by atoms with Gasteiger partial charge in [-0.15, -0.1) is 0 Å². The smallest absolute Gasteiger partial charge is 0.0546 e. The van der Waals surface area contributed by atoms with Crippen LogP contribution in [0, 0.1) is 13.8 Å². The van der Waals surface area contributed by atoms with E-state index in [1.54, 1.807) is 0 Å². The highest BCUT2D eigenvalue weighted by atomic mass is 15.1. The number of para-hydroxylation sites is 2. The Morgan fingerprint density at radius 2 is 0.764 bits per heavy atom. The zero-order valence-electron chi connectivity index (χ0n) is 33.5. The number of fused-ring (bicyclic) bond motifs is 10. The van der Waals surface area contributed by atoms with Crippen molar-refractivity contribution in [2.75, 3.05) is 4.90 Å². The molecule has 1 heteroatoms. The molecule has 0 bridgehead atoms. The van der Waals surface area contributed by atoms with Crippen LogP contribution in [-0.2, 0) is 10.8 Å². The van der Waals surface area contributed by atoms with E-state index in [2.05, 4.69) is 192 Å². The van der Waals surface area contributed by atoms with Gasteiger partial charge in [-0.25, -0.2) is 0 Å². The first kappa shape index (κ1) is 36.1. The quantitative estimate of drug-likeness (QED) is 0.176. The number of aryl methyl sites for hydroxylation is 2. The molecule has 55 heavy (non-hydrogen) atoms. The molecule has 2 aliphatic rings. The van der Waals surface area contributed by atoms with Crippen LogP contribution in [0.2, 0.25) is 0 Å². The minimum atomic E-state index is -0.152. The summed E-state index contributed by atoms with van der Waals surface area (Å²) in [7, 11) is 0. The standard InChI is InChI=1S/C45H37N.C7H8.C2H6/c1-28-24-37-35-25-40-36(26-39(35)44(2,3)42(37)33-22-14-12-20-31(28)33)38-27-41(32-21-13-15-23-34(32)43(38)45(40,4)5)46(29-16-8-6-9-17-29)30-18-10-7-11-19-30;1-7-5-3-2-4-6-7;1-2/h6-27H,1-5H3;2-6H,1H3;1-2H3. The summed E-state index contributed by atoms with van der Waals surface area (Å²) in [4.78, 5) is 2.43. The molecule has 272 valence electrons. The van der Waals surface area contributed by atoms with E-state index in [9.17, 15) is 0 Å². The second-order valence-electron chi connectivity index (χ2n) is 15.9. The van der Waals surface area contributed by atoms with Crippen molar-refractivity contribution in [3.63, 3.8) is 0 Å². The fraction of sp³-hybridized carbons (Fsp3) is 0.185. The van der Waals surface area contributed by atoms with E-state index in [4.69, 9.17) is 0 Å². The third-order valence-electron chi connectivity index (χ3n) is 11.8. The van der Waals surface area contributed by atoms with Crippen molar-refractivity contribution in [2.45, 2.75) is 66.2 Å². The Hall–Kier alpha value is -5.92. The maximum Gasteiger partial charge on any atom is 0.0546 e. The van der Waals surface area contributed by atoms with Crippen LogP contribution in [0.5, 0.6) is 0 Å². The maximum atomic E-state index is 2.55. The number of hydrogen-bond acceptors (Lipinski definition) is 1. The molecule has 1 nitrogen and oxygen atoms in total. The molecule has 0 spiro atoms. The van der Waals surface area contributed by atoms with Crippen molar-refractivity contribution in [3.05, 3.63) is 197 Å². The zero-order chi connectivity index (χ0) is 38.5. The molecule has 10 rings (SSSR count). The van der Waals surface area contributed by atoms with Crippen LogP contribution in [0.4, 0.5) is 17.1 Å². The fourth-order valence-corrected chi connectivity index (χ4v) is 9.33. The van der Waals surface area contributed by atoms with Crippen molar-refractivity contribution in [3.8, 4) is 22.3 Å². The van der Waals surface area contributed by atoms with Gasteiger partial charge in [0.05, 0.1) is 5.69 Å². The Morgan fingerprint density at radius 3 is 1.22 bits per heavy atom. The molecule has 0 radical (unpaired) electrons. The summed E-state index contributed by atoms with van der Waals surface area (Å²) >= 11 is 0. The van der Waals surface area contributed by atoms with E-state index in [1.807, 2.05) is 32.0 Å². The van der Waals surface area contributed by atoms with Gasteiger partial charge in [-0.05, 0) is 123 Å². The molecule has 0 aromatic heterocycles. The summed E-state index contributed by atoms with van der Waals surface area (Å²) in [6, 6.07) is 59.8. The Balaban J connectivity index is 0.000000425. The second kappa shape index (κ2) is 14.1. The van der Waals surface area contributed by atoms with Crippen LogP contribution in [0.25, 0.3) is 43.8 Å². The van der Waals surface area contributed by atoms with E-state index in [-0.39, 0.29) is 10.8 Å².